The molecule has 0 atom stereocenters. The summed E-state index contributed by atoms with van der Waals surface area (Å²) in [6.07, 6.45) is 0.750. The van der Waals surface area contributed by atoms with Gasteiger partial charge >= 0.3 is 0 Å². The van der Waals surface area contributed by atoms with Gasteiger partial charge in [0.2, 0.25) is 6.79 Å². The second-order valence-corrected chi connectivity index (χ2v) is 4.20. The van der Waals surface area contributed by atoms with Gasteiger partial charge in [0.1, 0.15) is 17.2 Å². The van der Waals surface area contributed by atoms with Gasteiger partial charge < -0.3 is 14.8 Å². The number of hydrogen-bond acceptors (Lipinski definition) is 3. The quantitative estimate of drug-likeness (QED) is 0.670. The number of amides is 1. The lowest BCUT2D eigenvalue weighted by molar-refractivity contribution is -0.117. The number of rotatable bonds is 5. The third-order valence-corrected chi connectivity index (χ3v) is 2.81. The summed E-state index contributed by atoms with van der Waals surface area (Å²) < 4.78 is 36.8. The summed E-state index contributed by atoms with van der Waals surface area (Å²) in [5, 5.41) is 2.40. The highest BCUT2D eigenvalue weighted by Crippen LogP contribution is 2.32. The Morgan fingerprint density at radius 3 is 2.71 bits per heavy atom. The van der Waals surface area contributed by atoms with E-state index in [1.165, 1.54) is 0 Å². The zero-order valence-electron chi connectivity index (χ0n) is 11.1. The number of carbonyl (C=O) groups is 1. The van der Waals surface area contributed by atoms with Crippen LogP contribution in [0.3, 0.4) is 0 Å². The monoisotopic (exact) mass is 293 g/mol. The molecule has 1 aliphatic rings. The standard InChI is InChI=1S/C15H13F2NO3/c1-3-11(17)14(9(2)16)15(19)18-7-10-4-5-12-13(6-10)21-8-20-12/h3-6H,1-2,7-8H2,(H,18,19)/b14-11-. The van der Waals surface area contributed by atoms with Crippen molar-refractivity contribution >= 4 is 5.91 Å². The minimum Gasteiger partial charge on any atom is -0.454 e. The third kappa shape index (κ3) is 3.28. The Bertz CT molecular complexity index is 638. The highest BCUT2D eigenvalue weighted by Gasteiger charge is 2.18. The Labute approximate surface area is 120 Å². The van der Waals surface area contributed by atoms with E-state index in [0.717, 1.165) is 6.08 Å². The van der Waals surface area contributed by atoms with Gasteiger partial charge in [0.15, 0.2) is 11.5 Å². The van der Waals surface area contributed by atoms with Crippen molar-refractivity contribution in [2.45, 2.75) is 6.54 Å². The number of benzene rings is 1. The smallest absolute Gasteiger partial charge is 0.257 e. The Balaban J connectivity index is 2.07. The molecule has 0 aliphatic carbocycles. The van der Waals surface area contributed by atoms with Crippen molar-refractivity contribution in [1.29, 1.82) is 0 Å². The Hall–Kier alpha value is -2.63. The number of halogens is 2. The molecule has 6 heteroatoms. The van der Waals surface area contributed by atoms with Crippen LogP contribution in [0, 0.1) is 0 Å². The highest BCUT2D eigenvalue weighted by atomic mass is 19.1. The van der Waals surface area contributed by atoms with E-state index in [-0.39, 0.29) is 13.3 Å². The van der Waals surface area contributed by atoms with Crippen molar-refractivity contribution < 1.29 is 23.0 Å². The Morgan fingerprint density at radius 1 is 1.33 bits per heavy atom. The molecule has 0 unspecified atom stereocenters. The van der Waals surface area contributed by atoms with Gasteiger partial charge in [0, 0.05) is 6.54 Å². The Morgan fingerprint density at radius 2 is 2.05 bits per heavy atom. The molecule has 1 aromatic rings. The topological polar surface area (TPSA) is 47.6 Å². The number of carbonyl (C=O) groups excluding carboxylic acids is 1. The number of fused-ring (bicyclic) bond motifs is 1. The number of hydrogen-bond donors (Lipinski definition) is 1. The lowest BCUT2D eigenvalue weighted by Gasteiger charge is -2.08. The molecule has 1 aromatic carbocycles. The van der Waals surface area contributed by atoms with Crippen LogP contribution in [0.15, 0.2) is 54.7 Å². The van der Waals surface area contributed by atoms with Gasteiger partial charge in [-0.25, -0.2) is 8.78 Å². The average molecular weight is 293 g/mol. The third-order valence-electron chi connectivity index (χ3n) is 2.81. The van der Waals surface area contributed by atoms with Crippen LogP contribution < -0.4 is 14.8 Å². The molecular weight excluding hydrogens is 280 g/mol. The van der Waals surface area contributed by atoms with Gasteiger partial charge in [-0.05, 0) is 23.8 Å². The van der Waals surface area contributed by atoms with E-state index in [1.54, 1.807) is 18.2 Å². The van der Waals surface area contributed by atoms with Crippen LogP contribution in [0.5, 0.6) is 11.5 Å². The van der Waals surface area contributed by atoms with Gasteiger partial charge in [-0.1, -0.05) is 19.2 Å². The minimum absolute atomic E-state index is 0.0800. The van der Waals surface area contributed by atoms with Crippen molar-refractivity contribution in [3.05, 3.63) is 60.2 Å². The molecule has 4 nitrogen and oxygen atoms in total. The molecule has 110 valence electrons. The zero-order valence-corrected chi connectivity index (χ0v) is 11.1. The van der Waals surface area contributed by atoms with Crippen LogP contribution in [0.1, 0.15) is 5.56 Å². The summed E-state index contributed by atoms with van der Waals surface area (Å²) >= 11 is 0. The number of ether oxygens (including phenoxy) is 2. The fourth-order valence-corrected chi connectivity index (χ4v) is 1.78. The van der Waals surface area contributed by atoms with Crippen molar-refractivity contribution in [3.63, 3.8) is 0 Å². The summed E-state index contributed by atoms with van der Waals surface area (Å²) in [6, 6.07) is 5.09. The SMILES string of the molecule is C=C/C(F)=C(\C(=C)F)C(=O)NCc1ccc2c(c1)OCO2. The molecule has 1 aliphatic heterocycles. The second kappa shape index (κ2) is 6.21. The van der Waals surface area contributed by atoms with Crippen molar-refractivity contribution in [1.82, 2.24) is 5.32 Å². The minimum atomic E-state index is -1.16. The number of allylic oxidation sites excluding steroid dienone is 2. The van der Waals surface area contributed by atoms with Gasteiger partial charge in [0.25, 0.3) is 5.91 Å². The van der Waals surface area contributed by atoms with Crippen LogP contribution in [0.4, 0.5) is 8.78 Å². The van der Waals surface area contributed by atoms with Crippen LogP contribution >= 0.6 is 0 Å². The maximum absolute atomic E-state index is 13.4. The first-order chi connectivity index (χ1) is 10.0. The summed E-state index contributed by atoms with van der Waals surface area (Å²) in [6.45, 7) is 6.31. The van der Waals surface area contributed by atoms with Crippen molar-refractivity contribution in [2.24, 2.45) is 0 Å². The normalized spacial score (nSPS) is 13.4. The molecule has 0 radical (unpaired) electrons. The van der Waals surface area contributed by atoms with E-state index in [2.05, 4.69) is 18.5 Å². The maximum atomic E-state index is 13.4. The first-order valence-corrected chi connectivity index (χ1v) is 6.06. The summed E-state index contributed by atoms with van der Waals surface area (Å²) in [4.78, 5) is 11.8. The van der Waals surface area contributed by atoms with Crippen LogP contribution in [-0.2, 0) is 11.3 Å². The molecule has 0 fully saturated rings. The van der Waals surface area contributed by atoms with Gasteiger partial charge in [0.05, 0.1) is 0 Å². The van der Waals surface area contributed by atoms with Gasteiger partial charge in [-0.2, -0.15) is 0 Å². The first kappa shape index (κ1) is 14.8. The molecule has 0 bridgehead atoms. The van der Waals surface area contributed by atoms with E-state index in [0.29, 0.717) is 17.1 Å². The lowest BCUT2D eigenvalue weighted by Crippen LogP contribution is -2.25. The summed E-state index contributed by atoms with van der Waals surface area (Å²) in [5.74, 6) is -1.95. The predicted octanol–water partition coefficient (Wildman–Crippen LogP) is 2.92. The molecule has 0 saturated carbocycles. The van der Waals surface area contributed by atoms with E-state index >= 15 is 0 Å². The maximum Gasteiger partial charge on any atom is 0.257 e. The largest absolute Gasteiger partial charge is 0.454 e. The molecule has 0 saturated heterocycles. The van der Waals surface area contributed by atoms with E-state index < -0.39 is 23.1 Å². The number of nitrogens with one attached hydrogen (secondary N) is 1. The molecule has 1 amide bonds. The van der Waals surface area contributed by atoms with Crippen LogP contribution in [-0.4, -0.2) is 12.7 Å². The molecule has 0 aromatic heterocycles. The van der Waals surface area contributed by atoms with Gasteiger partial charge in [-0.3, -0.25) is 4.79 Å². The fourth-order valence-electron chi connectivity index (χ4n) is 1.78. The molecule has 21 heavy (non-hydrogen) atoms. The molecule has 1 N–H and O–H groups in total. The lowest BCUT2D eigenvalue weighted by atomic mass is 10.1. The van der Waals surface area contributed by atoms with Crippen molar-refractivity contribution in [3.8, 4) is 11.5 Å². The van der Waals surface area contributed by atoms with Gasteiger partial charge in [-0.15, -0.1) is 0 Å². The average Bonchev–Trinajstić information content (AvgIpc) is 2.92. The predicted molar refractivity (Wildman–Crippen MR) is 73.0 cm³/mol. The van der Waals surface area contributed by atoms with E-state index in [1.807, 2.05) is 0 Å². The molecule has 0 spiro atoms. The first-order valence-electron chi connectivity index (χ1n) is 6.06. The van der Waals surface area contributed by atoms with E-state index in [4.69, 9.17) is 9.47 Å². The Kier molecular flexibility index (Phi) is 4.37. The second-order valence-electron chi connectivity index (χ2n) is 4.20. The summed E-state index contributed by atoms with van der Waals surface area (Å²) in [7, 11) is 0. The van der Waals surface area contributed by atoms with E-state index in [9.17, 15) is 13.6 Å². The molecular formula is C15H13F2NO3. The van der Waals surface area contributed by atoms with Crippen LogP contribution in [0.2, 0.25) is 0 Å². The molecule has 2 rings (SSSR count). The van der Waals surface area contributed by atoms with Crippen molar-refractivity contribution in [2.75, 3.05) is 6.79 Å². The highest BCUT2D eigenvalue weighted by molar-refractivity contribution is 5.97. The van der Waals surface area contributed by atoms with Crippen LogP contribution in [0.25, 0.3) is 0 Å². The fraction of sp³-hybridized carbons (Fsp3) is 0.133. The summed E-state index contributed by atoms with van der Waals surface area (Å²) in [5.41, 5.74) is -0.0545. The zero-order chi connectivity index (χ0) is 15.4. The molecule has 1 heterocycles.